The fourth-order valence-electron chi connectivity index (χ4n) is 4.41. The monoisotopic (exact) mass is 418 g/mol. The number of carbonyl (C=O) groups excluding carboxylic acids is 1. The van der Waals surface area contributed by atoms with Crippen LogP contribution in [0, 0.1) is 11.8 Å². The van der Waals surface area contributed by atoms with Crippen LogP contribution in [0.3, 0.4) is 0 Å². The Kier molecular flexibility index (Phi) is 5.93. The van der Waals surface area contributed by atoms with E-state index in [0.717, 1.165) is 35.5 Å². The Balaban J connectivity index is 1.59. The minimum atomic E-state index is -4.56. The Hall–Kier alpha value is -1.77. The van der Waals surface area contributed by atoms with Gasteiger partial charge in [-0.3, -0.25) is 9.10 Å². The summed E-state index contributed by atoms with van der Waals surface area (Å²) in [5, 5.41) is 3.04. The summed E-state index contributed by atoms with van der Waals surface area (Å²) in [6.07, 6.45) is 1.32. The first kappa shape index (κ1) is 21.0. The first-order chi connectivity index (χ1) is 13.0. The number of hydrogen-bond donors (Lipinski definition) is 1. The summed E-state index contributed by atoms with van der Waals surface area (Å²) >= 11 is 0. The van der Waals surface area contributed by atoms with Crippen molar-refractivity contribution in [2.24, 2.45) is 11.8 Å². The molecule has 0 heterocycles. The Morgan fingerprint density at radius 3 is 2.57 bits per heavy atom. The summed E-state index contributed by atoms with van der Waals surface area (Å²) in [5.74, 6) is 1.12. The molecule has 0 spiro atoms. The summed E-state index contributed by atoms with van der Waals surface area (Å²) in [6, 6.07) is 4.42. The molecule has 2 aliphatic carbocycles. The van der Waals surface area contributed by atoms with Gasteiger partial charge < -0.3 is 5.32 Å². The summed E-state index contributed by atoms with van der Waals surface area (Å²) in [7, 11) is -3.77. The van der Waals surface area contributed by atoms with Gasteiger partial charge in [0.15, 0.2) is 0 Å². The van der Waals surface area contributed by atoms with Gasteiger partial charge in [-0.1, -0.05) is 12.5 Å². The molecular formula is C19H25F3N2O3S. The number of anilines is 1. The SMILES string of the molecule is CS(=O)(=O)N(CCCC(=O)NC1CC2CCC1C2)c1cccc(C(F)(F)F)c1. The third-order valence-electron chi connectivity index (χ3n) is 5.71. The van der Waals surface area contributed by atoms with Gasteiger partial charge in [0.05, 0.1) is 17.5 Å². The van der Waals surface area contributed by atoms with Crippen LogP contribution >= 0.6 is 0 Å². The molecule has 2 bridgehead atoms. The zero-order valence-electron chi connectivity index (χ0n) is 15.7. The van der Waals surface area contributed by atoms with Crippen molar-refractivity contribution < 1.29 is 26.4 Å². The fraction of sp³-hybridized carbons (Fsp3) is 0.632. The molecule has 2 aliphatic rings. The standard InChI is InChI=1S/C19H25F3N2O3S/c1-28(26,27)24(16-5-2-4-15(12-16)19(20,21)22)9-3-6-18(25)23-17-11-13-7-8-14(17)10-13/h2,4-5,12-14,17H,3,6-11H2,1H3,(H,23,25). The van der Waals surface area contributed by atoms with Crippen LogP contribution in [0.5, 0.6) is 0 Å². The molecule has 0 radical (unpaired) electrons. The Bertz CT molecular complexity index is 826. The van der Waals surface area contributed by atoms with E-state index in [2.05, 4.69) is 5.32 Å². The minimum absolute atomic E-state index is 0.0502. The minimum Gasteiger partial charge on any atom is -0.353 e. The van der Waals surface area contributed by atoms with E-state index in [9.17, 15) is 26.4 Å². The number of alkyl halides is 3. The van der Waals surface area contributed by atoms with Crippen LogP contribution in [-0.4, -0.2) is 33.2 Å². The second-order valence-corrected chi connectivity index (χ2v) is 9.74. The highest BCUT2D eigenvalue weighted by Gasteiger charge is 2.40. The second kappa shape index (κ2) is 7.93. The van der Waals surface area contributed by atoms with Crippen LogP contribution < -0.4 is 9.62 Å². The molecule has 1 amide bonds. The summed E-state index contributed by atoms with van der Waals surface area (Å²) in [5.41, 5.74) is -0.960. The molecule has 3 rings (SSSR count). The van der Waals surface area contributed by atoms with E-state index in [-0.39, 0.29) is 37.0 Å². The summed E-state index contributed by atoms with van der Waals surface area (Å²) in [4.78, 5) is 12.2. The van der Waals surface area contributed by atoms with Crippen LogP contribution in [0.15, 0.2) is 24.3 Å². The topological polar surface area (TPSA) is 66.5 Å². The number of amides is 1. The van der Waals surface area contributed by atoms with E-state index in [1.165, 1.54) is 25.0 Å². The molecule has 0 saturated heterocycles. The number of halogens is 3. The van der Waals surface area contributed by atoms with Crippen molar-refractivity contribution in [1.82, 2.24) is 5.32 Å². The fourth-order valence-corrected chi connectivity index (χ4v) is 5.36. The third kappa shape index (κ3) is 4.98. The van der Waals surface area contributed by atoms with Gasteiger partial charge in [0.25, 0.3) is 0 Å². The zero-order valence-corrected chi connectivity index (χ0v) is 16.5. The van der Waals surface area contributed by atoms with Gasteiger partial charge in [-0.25, -0.2) is 8.42 Å². The van der Waals surface area contributed by atoms with Crippen molar-refractivity contribution in [2.75, 3.05) is 17.1 Å². The van der Waals surface area contributed by atoms with E-state index in [4.69, 9.17) is 0 Å². The van der Waals surface area contributed by atoms with E-state index < -0.39 is 21.8 Å². The number of hydrogen-bond acceptors (Lipinski definition) is 3. The summed E-state index contributed by atoms with van der Waals surface area (Å²) in [6.45, 7) is -0.0513. The molecular weight excluding hydrogens is 393 g/mol. The molecule has 2 saturated carbocycles. The van der Waals surface area contributed by atoms with Crippen molar-refractivity contribution >= 4 is 21.6 Å². The van der Waals surface area contributed by atoms with E-state index >= 15 is 0 Å². The van der Waals surface area contributed by atoms with Crippen molar-refractivity contribution in [2.45, 2.75) is 50.7 Å². The highest BCUT2D eigenvalue weighted by molar-refractivity contribution is 7.92. The van der Waals surface area contributed by atoms with Crippen molar-refractivity contribution in [1.29, 1.82) is 0 Å². The van der Waals surface area contributed by atoms with Crippen LogP contribution in [0.2, 0.25) is 0 Å². The second-order valence-electron chi connectivity index (χ2n) is 7.84. The molecule has 0 aromatic heterocycles. The molecule has 3 unspecified atom stereocenters. The van der Waals surface area contributed by atoms with Gasteiger partial charge in [0.1, 0.15) is 0 Å². The largest absolute Gasteiger partial charge is 0.416 e. The maximum absolute atomic E-state index is 12.9. The highest BCUT2D eigenvalue weighted by Crippen LogP contribution is 2.44. The molecule has 5 nitrogen and oxygen atoms in total. The smallest absolute Gasteiger partial charge is 0.353 e. The quantitative estimate of drug-likeness (QED) is 0.736. The average molecular weight is 418 g/mol. The van der Waals surface area contributed by atoms with Gasteiger partial charge in [-0.15, -0.1) is 0 Å². The lowest BCUT2D eigenvalue weighted by Gasteiger charge is -2.24. The van der Waals surface area contributed by atoms with E-state index in [1.54, 1.807) is 0 Å². The van der Waals surface area contributed by atoms with E-state index in [1.807, 2.05) is 0 Å². The molecule has 1 aromatic rings. The van der Waals surface area contributed by atoms with Gasteiger partial charge in [-0.2, -0.15) is 13.2 Å². The molecule has 2 fully saturated rings. The third-order valence-corrected chi connectivity index (χ3v) is 6.91. The molecule has 28 heavy (non-hydrogen) atoms. The predicted molar refractivity (Wildman–Crippen MR) is 100 cm³/mol. The maximum atomic E-state index is 12.9. The van der Waals surface area contributed by atoms with Crippen molar-refractivity contribution in [3.05, 3.63) is 29.8 Å². The number of rotatable bonds is 7. The molecule has 156 valence electrons. The van der Waals surface area contributed by atoms with Crippen LogP contribution in [0.25, 0.3) is 0 Å². The van der Waals surface area contributed by atoms with E-state index in [0.29, 0.717) is 11.8 Å². The highest BCUT2D eigenvalue weighted by atomic mass is 32.2. The Labute approximate surface area is 163 Å². The Morgan fingerprint density at radius 1 is 1.25 bits per heavy atom. The number of sulfonamides is 1. The van der Waals surface area contributed by atoms with Gasteiger partial charge in [0, 0.05) is 19.0 Å². The lowest BCUT2D eigenvalue weighted by atomic mass is 9.95. The predicted octanol–water partition coefficient (Wildman–Crippen LogP) is 3.56. The first-order valence-electron chi connectivity index (χ1n) is 9.48. The van der Waals surface area contributed by atoms with Crippen molar-refractivity contribution in [3.63, 3.8) is 0 Å². The number of nitrogens with one attached hydrogen (secondary N) is 1. The lowest BCUT2D eigenvalue weighted by Crippen LogP contribution is -2.39. The molecule has 3 atom stereocenters. The van der Waals surface area contributed by atoms with Crippen LogP contribution in [0.4, 0.5) is 18.9 Å². The van der Waals surface area contributed by atoms with Crippen molar-refractivity contribution in [3.8, 4) is 0 Å². The lowest BCUT2D eigenvalue weighted by molar-refractivity contribution is -0.137. The average Bonchev–Trinajstić information content (AvgIpc) is 3.20. The zero-order chi connectivity index (χ0) is 20.5. The summed E-state index contributed by atoms with van der Waals surface area (Å²) < 4.78 is 63.8. The number of benzene rings is 1. The number of nitrogens with zero attached hydrogens (tertiary/aromatic N) is 1. The van der Waals surface area contributed by atoms with Gasteiger partial charge in [-0.05, 0) is 55.7 Å². The normalized spacial score (nSPS) is 24.4. The van der Waals surface area contributed by atoms with Crippen LogP contribution in [-0.2, 0) is 21.0 Å². The Morgan fingerprint density at radius 2 is 2.00 bits per heavy atom. The maximum Gasteiger partial charge on any atom is 0.416 e. The molecule has 1 N–H and O–H groups in total. The number of carbonyl (C=O) groups is 1. The number of fused-ring (bicyclic) bond motifs is 2. The van der Waals surface area contributed by atoms with Gasteiger partial charge in [0.2, 0.25) is 15.9 Å². The molecule has 1 aromatic carbocycles. The first-order valence-corrected chi connectivity index (χ1v) is 11.3. The molecule has 0 aliphatic heterocycles. The van der Waals surface area contributed by atoms with Gasteiger partial charge >= 0.3 is 6.18 Å². The molecule has 9 heteroatoms. The van der Waals surface area contributed by atoms with Crippen LogP contribution in [0.1, 0.15) is 44.1 Å².